The molecule has 5 nitrogen and oxygen atoms in total. The molecule has 1 fully saturated rings. The van der Waals surface area contributed by atoms with Crippen molar-refractivity contribution in [1.29, 1.82) is 0 Å². The summed E-state index contributed by atoms with van der Waals surface area (Å²) in [6.45, 7) is 1.73. The number of hydrogen-bond acceptors (Lipinski definition) is 5. The maximum Gasteiger partial charge on any atom is 0.290 e. The van der Waals surface area contributed by atoms with Crippen molar-refractivity contribution in [2.45, 2.75) is 19.4 Å². The van der Waals surface area contributed by atoms with Crippen LogP contribution in [-0.4, -0.2) is 27.5 Å². The Morgan fingerprint density at radius 1 is 1.69 bits per heavy atom. The molecule has 1 saturated heterocycles. The molecule has 1 atom stereocenters. The Bertz CT molecular complexity index is 405. The Morgan fingerprint density at radius 2 is 2.50 bits per heavy atom. The van der Waals surface area contributed by atoms with E-state index in [4.69, 9.17) is 0 Å². The summed E-state index contributed by atoms with van der Waals surface area (Å²) in [7, 11) is 0. The number of nitrogens with one attached hydrogen (secondary N) is 1. The van der Waals surface area contributed by atoms with Crippen molar-refractivity contribution in [3.05, 3.63) is 27.9 Å². The van der Waals surface area contributed by atoms with Gasteiger partial charge in [-0.1, -0.05) is 0 Å². The van der Waals surface area contributed by atoms with Gasteiger partial charge in [-0.3, -0.25) is 10.1 Å². The van der Waals surface area contributed by atoms with Crippen molar-refractivity contribution in [3.8, 4) is 0 Å². The molecule has 1 N–H and O–H groups in total. The van der Waals surface area contributed by atoms with Crippen molar-refractivity contribution < 1.29 is 4.92 Å². The van der Waals surface area contributed by atoms with Crippen LogP contribution < -0.4 is 5.32 Å². The molecule has 1 aromatic rings. The van der Waals surface area contributed by atoms with Gasteiger partial charge in [-0.15, -0.1) is 0 Å². The van der Waals surface area contributed by atoms with E-state index in [1.54, 1.807) is 13.0 Å². The third-order valence-electron chi connectivity index (χ3n) is 2.56. The van der Waals surface area contributed by atoms with E-state index in [0.29, 0.717) is 11.6 Å². The zero-order valence-corrected chi connectivity index (χ0v) is 9.79. The van der Waals surface area contributed by atoms with E-state index in [-0.39, 0.29) is 5.69 Å². The molecule has 0 radical (unpaired) electrons. The Morgan fingerprint density at radius 3 is 3.06 bits per heavy atom. The summed E-state index contributed by atoms with van der Waals surface area (Å²) in [5, 5.41) is 13.9. The number of pyridine rings is 1. The van der Waals surface area contributed by atoms with E-state index in [0.717, 1.165) is 18.0 Å². The molecule has 0 amide bonds. The molecule has 16 heavy (non-hydrogen) atoms. The fourth-order valence-electron chi connectivity index (χ4n) is 1.68. The second-order valence-electron chi connectivity index (χ2n) is 3.82. The molecule has 6 heteroatoms. The molecule has 2 heterocycles. The highest BCUT2D eigenvalue weighted by atomic mass is 32.2. The first kappa shape index (κ1) is 11.2. The molecule has 1 aliphatic rings. The van der Waals surface area contributed by atoms with Crippen molar-refractivity contribution in [2.75, 3.05) is 16.8 Å². The maximum atomic E-state index is 10.6. The highest BCUT2D eigenvalue weighted by Gasteiger charge is 2.17. The highest BCUT2D eigenvalue weighted by molar-refractivity contribution is 7.99. The first-order valence-corrected chi connectivity index (χ1v) is 6.27. The second-order valence-corrected chi connectivity index (χ2v) is 4.97. The van der Waals surface area contributed by atoms with Crippen LogP contribution in [0.25, 0.3) is 0 Å². The van der Waals surface area contributed by atoms with Gasteiger partial charge in [0.2, 0.25) is 0 Å². The fourth-order valence-corrected chi connectivity index (χ4v) is 2.83. The summed E-state index contributed by atoms with van der Waals surface area (Å²) in [6, 6.07) is 2.18. The Balaban J connectivity index is 2.11. The summed E-state index contributed by atoms with van der Waals surface area (Å²) in [4.78, 5) is 14.3. The number of aryl methyl sites for hydroxylation is 1. The van der Waals surface area contributed by atoms with Crippen LogP contribution in [0, 0.1) is 17.0 Å². The Labute approximate surface area is 97.8 Å². The zero-order valence-electron chi connectivity index (χ0n) is 8.97. The molecule has 86 valence electrons. The molecule has 1 unspecified atom stereocenters. The summed E-state index contributed by atoms with van der Waals surface area (Å²) in [6.07, 6.45) is 2.45. The largest absolute Gasteiger partial charge is 0.366 e. The second kappa shape index (κ2) is 4.69. The lowest BCUT2D eigenvalue weighted by Crippen LogP contribution is -2.18. The Hall–Kier alpha value is -1.30. The lowest BCUT2D eigenvalue weighted by Gasteiger charge is -2.11. The van der Waals surface area contributed by atoms with Gasteiger partial charge in [-0.2, -0.15) is 11.8 Å². The quantitative estimate of drug-likeness (QED) is 0.647. The van der Waals surface area contributed by atoms with Crippen LogP contribution in [0.4, 0.5) is 11.5 Å². The molecule has 0 spiro atoms. The number of hydrogen-bond donors (Lipinski definition) is 1. The highest BCUT2D eigenvalue weighted by Crippen LogP contribution is 2.23. The van der Waals surface area contributed by atoms with E-state index >= 15 is 0 Å². The van der Waals surface area contributed by atoms with Gasteiger partial charge in [-0.25, -0.2) is 4.98 Å². The molecule has 1 aromatic heterocycles. The average Bonchev–Trinajstić information content (AvgIpc) is 2.70. The van der Waals surface area contributed by atoms with Gasteiger partial charge in [0, 0.05) is 17.4 Å². The number of thioether (sulfide) groups is 1. The number of aromatic nitrogens is 1. The first-order valence-electron chi connectivity index (χ1n) is 5.12. The van der Waals surface area contributed by atoms with Crippen LogP contribution in [0.5, 0.6) is 0 Å². The predicted molar refractivity (Wildman–Crippen MR) is 65.0 cm³/mol. The average molecular weight is 239 g/mol. The minimum Gasteiger partial charge on any atom is -0.366 e. The lowest BCUT2D eigenvalue weighted by molar-refractivity contribution is -0.385. The van der Waals surface area contributed by atoms with Gasteiger partial charge in [0.1, 0.15) is 12.0 Å². The number of rotatable bonds is 3. The van der Waals surface area contributed by atoms with E-state index < -0.39 is 4.92 Å². The van der Waals surface area contributed by atoms with Gasteiger partial charge in [0.05, 0.1) is 4.92 Å². The van der Waals surface area contributed by atoms with Gasteiger partial charge in [-0.05, 0) is 25.2 Å². The minimum atomic E-state index is -0.405. The molecular weight excluding hydrogens is 226 g/mol. The third kappa shape index (κ3) is 2.44. The normalized spacial score (nSPS) is 19.7. The molecule has 2 rings (SSSR count). The van der Waals surface area contributed by atoms with Gasteiger partial charge >= 0.3 is 0 Å². The molecule has 0 bridgehead atoms. The van der Waals surface area contributed by atoms with Crippen LogP contribution in [0.1, 0.15) is 12.0 Å². The monoisotopic (exact) mass is 239 g/mol. The van der Waals surface area contributed by atoms with Gasteiger partial charge in [0.25, 0.3) is 5.69 Å². The third-order valence-corrected chi connectivity index (χ3v) is 3.72. The molecule has 1 aliphatic heterocycles. The van der Waals surface area contributed by atoms with Crippen molar-refractivity contribution in [2.24, 2.45) is 0 Å². The van der Waals surface area contributed by atoms with Crippen LogP contribution in [0.15, 0.2) is 12.3 Å². The molecule has 0 aromatic carbocycles. The Kier molecular flexibility index (Phi) is 3.28. The van der Waals surface area contributed by atoms with Gasteiger partial charge < -0.3 is 5.32 Å². The standard InChI is InChI=1S/C10H13N3O2S/c1-7-4-10(11-5-9(7)13(14)15)12-8-2-3-16-6-8/h4-5,8H,2-3,6H2,1H3,(H,11,12). The van der Waals surface area contributed by atoms with E-state index in [1.807, 2.05) is 11.8 Å². The number of nitro groups is 1. The molecule has 0 aliphatic carbocycles. The summed E-state index contributed by atoms with van der Waals surface area (Å²) in [5.41, 5.74) is 0.722. The first-order chi connectivity index (χ1) is 7.66. The van der Waals surface area contributed by atoms with E-state index in [2.05, 4.69) is 10.3 Å². The molecular formula is C10H13N3O2S. The van der Waals surface area contributed by atoms with Crippen molar-refractivity contribution in [1.82, 2.24) is 4.98 Å². The van der Waals surface area contributed by atoms with Crippen LogP contribution in [0.2, 0.25) is 0 Å². The SMILES string of the molecule is Cc1cc(NC2CCSC2)ncc1[N+](=O)[O-]. The summed E-state index contributed by atoms with van der Waals surface area (Å²) >= 11 is 1.92. The van der Waals surface area contributed by atoms with Crippen LogP contribution in [0.3, 0.4) is 0 Å². The zero-order chi connectivity index (χ0) is 11.5. The lowest BCUT2D eigenvalue weighted by atomic mass is 10.2. The maximum absolute atomic E-state index is 10.6. The van der Waals surface area contributed by atoms with Crippen molar-refractivity contribution >= 4 is 23.3 Å². The number of nitrogens with zero attached hydrogens (tertiary/aromatic N) is 2. The summed E-state index contributed by atoms with van der Waals surface area (Å²) in [5.74, 6) is 2.98. The van der Waals surface area contributed by atoms with E-state index in [9.17, 15) is 10.1 Å². The smallest absolute Gasteiger partial charge is 0.290 e. The van der Waals surface area contributed by atoms with Crippen LogP contribution >= 0.6 is 11.8 Å². The topological polar surface area (TPSA) is 68.1 Å². The molecule has 0 saturated carbocycles. The van der Waals surface area contributed by atoms with Crippen LogP contribution in [-0.2, 0) is 0 Å². The fraction of sp³-hybridized carbons (Fsp3) is 0.500. The number of anilines is 1. The summed E-state index contributed by atoms with van der Waals surface area (Å²) < 4.78 is 0. The van der Waals surface area contributed by atoms with Gasteiger partial charge in [0.15, 0.2) is 0 Å². The minimum absolute atomic E-state index is 0.0753. The van der Waals surface area contributed by atoms with Crippen molar-refractivity contribution in [3.63, 3.8) is 0 Å². The van der Waals surface area contributed by atoms with E-state index in [1.165, 1.54) is 11.9 Å². The predicted octanol–water partition coefficient (Wildman–Crippen LogP) is 2.22.